The van der Waals surface area contributed by atoms with E-state index in [9.17, 15) is 43.0 Å². The number of benzene rings is 2. The van der Waals surface area contributed by atoms with Gasteiger partial charge in [0.2, 0.25) is 5.91 Å². The highest BCUT2D eigenvalue weighted by Crippen LogP contribution is 2.36. The fraction of sp³-hybridized carbons (Fsp3) is 0.222. The molecule has 0 aliphatic carbocycles. The predicted octanol–water partition coefficient (Wildman–Crippen LogP) is 4.19. The van der Waals surface area contributed by atoms with Crippen LogP contribution in [0.25, 0.3) is 0 Å². The van der Waals surface area contributed by atoms with Gasteiger partial charge in [-0.25, -0.2) is 0 Å². The number of nitro benzene ring substituents is 2. The zero-order chi connectivity index (χ0) is 24.4. The number of likely N-dealkylation sites (N-methyl/N-ethyl adjacent to an activating group) is 1. The van der Waals surface area contributed by atoms with Gasteiger partial charge in [0, 0.05) is 24.4 Å². The van der Waals surface area contributed by atoms with Crippen LogP contribution in [0.2, 0.25) is 5.02 Å². The Morgan fingerprint density at radius 1 is 1.12 bits per heavy atom. The molecule has 0 aliphatic heterocycles. The van der Waals surface area contributed by atoms with Crippen molar-refractivity contribution in [1.29, 1.82) is 0 Å². The van der Waals surface area contributed by atoms with E-state index >= 15 is 0 Å². The number of nitro groups is 2. The second-order valence-electron chi connectivity index (χ2n) is 6.55. The summed E-state index contributed by atoms with van der Waals surface area (Å²) in [5.74, 6) is -1.81. The molecule has 2 amide bonds. The number of hydrogen-bond acceptors (Lipinski definition) is 6. The lowest BCUT2D eigenvalue weighted by atomic mass is 10.0. The maximum Gasteiger partial charge on any atom is 0.417 e. The molecule has 32 heavy (non-hydrogen) atoms. The van der Waals surface area contributed by atoms with Crippen LogP contribution in [-0.2, 0) is 11.0 Å². The van der Waals surface area contributed by atoms with Crippen molar-refractivity contribution in [3.05, 3.63) is 72.3 Å². The quantitative estimate of drug-likeness (QED) is 0.492. The van der Waals surface area contributed by atoms with Crippen molar-refractivity contribution in [1.82, 2.24) is 4.90 Å². The summed E-state index contributed by atoms with van der Waals surface area (Å²) in [7, 11) is 1.15. The molecule has 170 valence electrons. The molecule has 0 radical (unpaired) electrons. The van der Waals surface area contributed by atoms with Gasteiger partial charge in [-0.3, -0.25) is 29.8 Å². The number of nitrogens with zero attached hydrogens (tertiary/aromatic N) is 3. The average Bonchev–Trinajstić information content (AvgIpc) is 2.67. The second-order valence-corrected chi connectivity index (χ2v) is 6.96. The van der Waals surface area contributed by atoms with Crippen molar-refractivity contribution in [2.75, 3.05) is 18.9 Å². The first kappa shape index (κ1) is 24.5. The summed E-state index contributed by atoms with van der Waals surface area (Å²) in [6.07, 6.45) is -4.75. The topological polar surface area (TPSA) is 136 Å². The first-order valence-corrected chi connectivity index (χ1v) is 8.95. The third kappa shape index (κ3) is 5.49. The van der Waals surface area contributed by atoms with E-state index in [-0.39, 0.29) is 16.8 Å². The zero-order valence-corrected chi connectivity index (χ0v) is 17.2. The molecule has 0 heterocycles. The molecule has 0 saturated heterocycles. The van der Waals surface area contributed by atoms with Crippen LogP contribution in [0, 0.1) is 27.2 Å². The van der Waals surface area contributed by atoms with Crippen LogP contribution in [0.4, 0.5) is 30.2 Å². The molecule has 2 aromatic rings. The monoisotopic (exact) mass is 474 g/mol. The van der Waals surface area contributed by atoms with E-state index in [1.54, 1.807) is 0 Å². The largest absolute Gasteiger partial charge is 0.417 e. The fourth-order valence-corrected chi connectivity index (χ4v) is 2.94. The smallest absolute Gasteiger partial charge is 0.332 e. The lowest BCUT2D eigenvalue weighted by Crippen LogP contribution is -2.35. The predicted molar refractivity (Wildman–Crippen MR) is 107 cm³/mol. The standard InChI is InChI=1S/C18H14ClF3N4O6/c1-9-12(6-11(25(29)30)7-15(9)26(31)32)17(28)24(2)8-16(27)23-10-3-4-14(19)13(5-10)18(20,21)22/h3-7H,8H2,1-2H3,(H,23,27). The minimum Gasteiger partial charge on any atom is -0.332 e. The number of alkyl halides is 3. The Hall–Kier alpha value is -3.74. The molecule has 0 aliphatic rings. The SMILES string of the molecule is Cc1c(C(=O)N(C)CC(=O)Nc2ccc(Cl)c(C(F)(F)F)c2)cc([N+](=O)[O-])cc1[N+](=O)[O-]. The molecule has 1 N–H and O–H groups in total. The van der Waals surface area contributed by atoms with Crippen LogP contribution in [0.15, 0.2) is 30.3 Å². The molecule has 0 spiro atoms. The summed E-state index contributed by atoms with van der Waals surface area (Å²) in [4.78, 5) is 46.1. The van der Waals surface area contributed by atoms with Crippen molar-refractivity contribution in [2.24, 2.45) is 0 Å². The van der Waals surface area contributed by atoms with Crippen molar-refractivity contribution in [3.8, 4) is 0 Å². The summed E-state index contributed by atoms with van der Waals surface area (Å²) in [5, 5.41) is 23.8. The Morgan fingerprint density at radius 2 is 1.75 bits per heavy atom. The summed E-state index contributed by atoms with van der Waals surface area (Å²) in [6.45, 7) is 0.564. The van der Waals surface area contributed by atoms with Gasteiger partial charge in [-0.2, -0.15) is 13.2 Å². The van der Waals surface area contributed by atoms with Gasteiger partial charge in [-0.1, -0.05) is 11.6 Å². The van der Waals surface area contributed by atoms with Crippen molar-refractivity contribution in [2.45, 2.75) is 13.1 Å². The lowest BCUT2D eigenvalue weighted by Gasteiger charge is -2.18. The van der Waals surface area contributed by atoms with Crippen LogP contribution in [0.5, 0.6) is 0 Å². The van der Waals surface area contributed by atoms with Gasteiger partial charge in [0.25, 0.3) is 17.3 Å². The molecule has 0 bridgehead atoms. The van der Waals surface area contributed by atoms with Crippen LogP contribution in [-0.4, -0.2) is 40.2 Å². The number of amides is 2. The molecule has 0 fully saturated rings. The maximum absolute atomic E-state index is 12.9. The van der Waals surface area contributed by atoms with Gasteiger partial charge in [-0.15, -0.1) is 0 Å². The van der Waals surface area contributed by atoms with E-state index in [0.717, 1.165) is 30.1 Å². The summed E-state index contributed by atoms with van der Waals surface area (Å²) < 4.78 is 38.8. The Morgan fingerprint density at radius 3 is 2.28 bits per heavy atom. The first-order chi connectivity index (χ1) is 14.7. The molecular formula is C18H14ClF3N4O6. The van der Waals surface area contributed by atoms with Gasteiger partial charge in [0.05, 0.1) is 38.6 Å². The molecule has 0 saturated carbocycles. The number of nitrogens with one attached hydrogen (secondary N) is 1. The number of halogens is 4. The number of non-ortho nitro benzene ring substituents is 1. The molecule has 0 aromatic heterocycles. The van der Waals surface area contributed by atoms with Crippen LogP contribution in [0.1, 0.15) is 21.5 Å². The van der Waals surface area contributed by atoms with Crippen molar-refractivity contribution >= 4 is 40.5 Å². The number of carbonyl (C=O) groups is 2. The third-order valence-corrected chi connectivity index (χ3v) is 4.62. The van der Waals surface area contributed by atoms with Crippen LogP contribution in [0.3, 0.4) is 0 Å². The summed E-state index contributed by atoms with van der Waals surface area (Å²) in [6, 6.07) is 4.24. The van der Waals surface area contributed by atoms with Crippen molar-refractivity contribution in [3.63, 3.8) is 0 Å². The Labute approximate surface area is 182 Å². The number of rotatable bonds is 6. The molecule has 0 atom stereocenters. The van der Waals surface area contributed by atoms with E-state index in [1.807, 2.05) is 0 Å². The second kappa shape index (κ2) is 9.18. The van der Waals surface area contributed by atoms with Gasteiger partial charge >= 0.3 is 6.18 Å². The molecule has 10 nitrogen and oxygen atoms in total. The highest BCUT2D eigenvalue weighted by Gasteiger charge is 2.33. The van der Waals surface area contributed by atoms with Gasteiger partial charge < -0.3 is 10.2 Å². The van der Waals surface area contributed by atoms with Crippen molar-refractivity contribution < 1.29 is 32.6 Å². The maximum atomic E-state index is 12.9. The first-order valence-electron chi connectivity index (χ1n) is 8.58. The number of hydrogen-bond donors (Lipinski definition) is 1. The van der Waals surface area contributed by atoms with Gasteiger partial charge in [0.15, 0.2) is 0 Å². The molecular weight excluding hydrogens is 461 g/mol. The minimum atomic E-state index is -4.75. The Bertz CT molecular complexity index is 1120. The Kier molecular flexibility index (Phi) is 7.03. The van der Waals surface area contributed by atoms with Gasteiger partial charge in [0.1, 0.15) is 0 Å². The number of anilines is 1. The Balaban J connectivity index is 2.24. The lowest BCUT2D eigenvalue weighted by molar-refractivity contribution is -0.394. The van der Waals surface area contributed by atoms with E-state index in [2.05, 4.69) is 5.32 Å². The minimum absolute atomic E-state index is 0.148. The van der Waals surface area contributed by atoms with E-state index in [4.69, 9.17) is 11.6 Å². The van der Waals surface area contributed by atoms with Crippen LogP contribution >= 0.6 is 11.6 Å². The number of carbonyl (C=O) groups excluding carboxylic acids is 2. The highest BCUT2D eigenvalue weighted by atomic mass is 35.5. The molecule has 0 unspecified atom stereocenters. The van der Waals surface area contributed by atoms with E-state index in [0.29, 0.717) is 12.1 Å². The van der Waals surface area contributed by atoms with E-state index in [1.165, 1.54) is 6.92 Å². The summed E-state index contributed by atoms with van der Waals surface area (Å²) >= 11 is 5.51. The highest BCUT2D eigenvalue weighted by molar-refractivity contribution is 6.31. The van der Waals surface area contributed by atoms with Crippen LogP contribution < -0.4 is 5.32 Å². The third-order valence-electron chi connectivity index (χ3n) is 4.29. The van der Waals surface area contributed by atoms with E-state index < -0.39 is 56.3 Å². The zero-order valence-electron chi connectivity index (χ0n) is 16.4. The normalized spacial score (nSPS) is 11.1. The fourth-order valence-electron chi connectivity index (χ4n) is 2.71. The molecule has 2 rings (SSSR count). The summed E-state index contributed by atoms with van der Waals surface area (Å²) in [5.41, 5.74) is -3.25. The molecule has 2 aromatic carbocycles. The van der Waals surface area contributed by atoms with Gasteiger partial charge in [-0.05, 0) is 25.1 Å². The average molecular weight is 475 g/mol. The molecule has 14 heteroatoms.